The fourth-order valence-electron chi connectivity index (χ4n) is 2.42. The zero-order valence-electron chi connectivity index (χ0n) is 7.34. The summed E-state index contributed by atoms with van der Waals surface area (Å²) < 4.78 is 0. The first-order valence-corrected chi connectivity index (χ1v) is 4.84. The van der Waals surface area contributed by atoms with Crippen LogP contribution in [0.3, 0.4) is 0 Å². The third-order valence-corrected chi connectivity index (χ3v) is 3.11. The average molecular weight is 170 g/mol. The molecule has 0 amide bonds. The molecule has 2 fully saturated rings. The Hall–Kier alpha value is -0.0800. The summed E-state index contributed by atoms with van der Waals surface area (Å²) in [6.07, 6.45) is 4.19. The van der Waals surface area contributed by atoms with E-state index in [1.807, 2.05) is 0 Å². The van der Waals surface area contributed by atoms with Gasteiger partial charge in [-0.15, -0.1) is 0 Å². The third kappa shape index (κ3) is 1.80. The number of nitrogens with zero attached hydrogens (tertiary/aromatic N) is 1. The maximum atomic E-state index is 3.43. The van der Waals surface area contributed by atoms with Crippen LogP contribution < -0.4 is 5.32 Å². The van der Waals surface area contributed by atoms with Gasteiger partial charge in [-0.05, 0) is 39.3 Å². The highest BCUT2D eigenvalue weighted by molar-refractivity contribution is 4.86. The third-order valence-electron chi connectivity index (χ3n) is 3.11. The molecule has 2 nitrogen and oxygen atoms in total. The molecule has 2 aliphatic heterocycles. The van der Waals surface area contributed by atoms with Crippen LogP contribution in [0, 0.1) is 0 Å². The zero-order chi connectivity index (χ0) is 7.68. The standard InChI is InChI=1S/C9H18N2.CH4/c1-8-3-2-6-11(8)9-4-5-10-7-9;/h8-10H,2-7H2,1H3;1H4/t8-,9-;/m1./s1. The lowest BCUT2D eigenvalue weighted by atomic mass is 10.2. The molecular weight excluding hydrogens is 148 g/mol. The predicted molar refractivity (Wildman–Crippen MR) is 53.4 cm³/mol. The van der Waals surface area contributed by atoms with E-state index in [1.54, 1.807) is 0 Å². The van der Waals surface area contributed by atoms with Crippen molar-refractivity contribution in [2.75, 3.05) is 19.6 Å². The Balaban J connectivity index is 0.000000720. The Labute approximate surface area is 76.3 Å². The smallest absolute Gasteiger partial charge is 0.0235 e. The van der Waals surface area contributed by atoms with Gasteiger partial charge in [0.25, 0.3) is 0 Å². The van der Waals surface area contributed by atoms with Crippen LogP contribution in [-0.2, 0) is 0 Å². The average Bonchev–Trinajstić information content (AvgIpc) is 2.55. The topological polar surface area (TPSA) is 15.3 Å². The molecule has 1 N–H and O–H groups in total. The van der Waals surface area contributed by atoms with Crippen molar-refractivity contribution in [1.29, 1.82) is 0 Å². The van der Waals surface area contributed by atoms with Crippen LogP contribution in [0.15, 0.2) is 0 Å². The van der Waals surface area contributed by atoms with Crippen LogP contribution in [0.1, 0.15) is 33.6 Å². The normalized spacial score (nSPS) is 36.8. The van der Waals surface area contributed by atoms with Gasteiger partial charge in [0.05, 0.1) is 0 Å². The van der Waals surface area contributed by atoms with Crippen molar-refractivity contribution in [2.24, 2.45) is 0 Å². The highest BCUT2D eigenvalue weighted by Crippen LogP contribution is 2.21. The summed E-state index contributed by atoms with van der Waals surface area (Å²) in [5.74, 6) is 0. The van der Waals surface area contributed by atoms with Crippen molar-refractivity contribution in [3.05, 3.63) is 0 Å². The molecule has 2 aliphatic rings. The number of hydrogen-bond donors (Lipinski definition) is 1. The quantitative estimate of drug-likeness (QED) is 0.641. The van der Waals surface area contributed by atoms with Crippen molar-refractivity contribution >= 4 is 0 Å². The summed E-state index contributed by atoms with van der Waals surface area (Å²) in [7, 11) is 0. The van der Waals surface area contributed by atoms with E-state index in [9.17, 15) is 0 Å². The molecule has 2 atom stereocenters. The molecule has 0 aliphatic carbocycles. The minimum absolute atomic E-state index is 0. The van der Waals surface area contributed by atoms with E-state index in [0.717, 1.165) is 12.1 Å². The van der Waals surface area contributed by atoms with Gasteiger partial charge in [0.1, 0.15) is 0 Å². The van der Waals surface area contributed by atoms with E-state index in [4.69, 9.17) is 0 Å². The zero-order valence-corrected chi connectivity index (χ0v) is 7.34. The lowest BCUT2D eigenvalue weighted by molar-refractivity contribution is 0.202. The molecule has 0 spiro atoms. The van der Waals surface area contributed by atoms with Crippen molar-refractivity contribution in [2.45, 2.75) is 45.7 Å². The van der Waals surface area contributed by atoms with Gasteiger partial charge in [0.15, 0.2) is 0 Å². The molecule has 0 aromatic heterocycles. The van der Waals surface area contributed by atoms with Crippen molar-refractivity contribution < 1.29 is 0 Å². The lowest BCUT2D eigenvalue weighted by Crippen LogP contribution is -2.38. The van der Waals surface area contributed by atoms with Crippen LogP contribution >= 0.6 is 0 Å². The van der Waals surface area contributed by atoms with Gasteiger partial charge in [-0.1, -0.05) is 7.43 Å². The highest BCUT2D eigenvalue weighted by atomic mass is 15.2. The number of hydrogen-bond acceptors (Lipinski definition) is 2. The molecule has 2 heteroatoms. The Kier molecular flexibility index (Phi) is 3.53. The highest BCUT2D eigenvalue weighted by Gasteiger charge is 2.29. The second-order valence-electron chi connectivity index (χ2n) is 3.88. The summed E-state index contributed by atoms with van der Waals surface area (Å²) in [5, 5.41) is 3.43. The van der Waals surface area contributed by atoms with E-state index in [1.165, 1.54) is 38.9 Å². The molecule has 0 saturated carbocycles. The van der Waals surface area contributed by atoms with Crippen LogP contribution in [-0.4, -0.2) is 36.6 Å². The second-order valence-corrected chi connectivity index (χ2v) is 3.88. The summed E-state index contributed by atoms with van der Waals surface area (Å²) >= 11 is 0. The Morgan fingerprint density at radius 2 is 2.17 bits per heavy atom. The van der Waals surface area contributed by atoms with Gasteiger partial charge in [0.2, 0.25) is 0 Å². The fraction of sp³-hybridized carbons (Fsp3) is 1.00. The number of nitrogens with one attached hydrogen (secondary N) is 1. The first-order chi connectivity index (χ1) is 5.38. The minimum Gasteiger partial charge on any atom is -0.315 e. The molecule has 0 aromatic carbocycles. The van der Waals surface area contributed by atoms with E-state index < -0.39 is 0 Å². The molecule has 0 bridgehead atoms. The van der Waals surface area contributed by atoms with Gasteiger partial charge in [-0.3, -0.25) is 4.90 Å². The maximum Gasteiger partial charge on any atom is 0.0235 e. The van der Waals surface area contributed by atoms with Crippen LogP contribution in [0.2, 0.25) is 0 Å². The predicted octanol–water partition coefficient (Wildman–Crippen LogP) is 1.47. The lowest BCUT2D eigenvalue weighted by Gasteiger charge is -2.27. The fourth-order valence-corrected chi connectivity index (χ4v) is 2.42. The van der Waals surface area contributed by atoms with Crippen molar-refractivity contribution in [3.8, 4) is 0 Å². The summed E-state index contributed by atoms with van der Waals surface area (Å²) in [4.78, 5) is 2.68. The first-order valence-electron chi connectivity index (χ1n) is 4.84. The molecule has 2 saturated heterocycles. The first kappa shape index (κ1) is 10.0. The largest absolute Gasteiger partial charge is 0.315 e. The van der Waals surface area contributed by atoms with Crippen LogP contribution in [0.25, 0.3) is 0 Å². The van der Waals surface area contributed by atoms with E-state index >= 15 is 0 Å². The van der Waals surface area contributed by atoms with Crippen molar-refractivity contribution in [3.63, 3.8) is 0 Å². The molecule has 2 heterocycles. The summed E-state index contributed by atoms with van der Waals surface area (Å²) in [6, 6.07) is 1.70. The second kappa shape index (κ2) is 4.24. The van der Waals surface area contributed by atoms with Crippen molar-refractivity contribution in [1.82, 2.24) is 10.2 Å². The van der Waals surface area contributed by atoms with Gasteiger partial charge in [0, 0.05) is 18.6 Å². The SMILES string of the molecule is C.C[C@@H]1CCCN1[C@@H]1CCNC1. The van der Waals surface area contributed by atoms with Gasteiger partial charge in [-0.2, -0.15) is 0 Å². The molecule has 0 unspecified atom stereocenters. The van der Waals surface area contributed by atoms with Crippen LogP contribution in [0.5, 0.6) is 0 Å². The van der Waals surface area contributed by atoms with Gasteiger partial charge >= 0.3 is 0 Å². The molecule has 0 radical (unpaired) electrons. The Morgan fingerprint density at radius 1 is 1.33 bits per heavy atom. The summed E-state index contributed by atoms with van der Waals surface area (Å²) in [5.41, 5.74) is 0. The monoisotopic (exact) mass is 170 g/mol. The minimum atomic E-state index is 0. The van der Waals surface area contributed by atoms with E-state index in [0.29, 0.717) is 0 Å². The molecule has 2 rings (SSSR count). The van der Waals surface area contributed by atoms with Crippen LogP contribution in [0.4, 0.5) is 0 Å². The van der Waals surface area contributed by atoms with E-state index in [-0.39, 0.29) is 7.43 Å². The molecule has 0 aromatic rings. The number of rotatable bonds is 1. The van der Waals surface area contributed by atoms with Gasteiger partial charge in [-0.25, -0.2) is 0 Å². The number of likely N-dealkylation sites (tertiary alicyclic amines) is 1. The maximum absolute atomic E-state index is 3.43. The Morgan fingerprint density at radius 3 is 2.67 bits per heavy atom. The molecule has 12 heavy (non-hydrogen) atoms. The summed E-state index contributed by atoms with van der Waals surface area (Å²) in [6.45, 7) is 6.16. The van der Waals surface area contributed by atoms with E-state index in [2.05, 4.69) is 17.1 Å². The Bertz CT molecular complexity index is 130. The molecule has 72 valence electrons. The molecular formula is C10H22N2. The van der Waals surface area contributed by atoms with Gasteiger partial charge < -0.3 is 5.32 Å².